The first-order chi connectivity index (χ1) is 19.9. The van der Waals surface area contributed by atoms with Crippen LogP contribution in [0.5, 0.6) is 5.88 Å². The zero-order valence-electron chi connectivity index (χ0n) is 22.9. The molecule has 41 heavy (non-hydrogen) atoms. The molecule has 206 valence electrons. The normalized spacial score (nSPS) is 14.9. The number of carbonyl (C=O) groups excluding carboxylic acids is 1. The highest BCUT2D eigenvalue weighted by Crippen LogP contribution is 2.32. The number of imidazole rings is 1. The van der Waals surface area contributed by atoms with Gasteiger partial charge in [0.15, 0.2) is 5.88 Å². The molecule has 1 fully saturated rings. The predicted octanol–water partition coefficient (Wildman–Crippen LogP) is 3.77. The van der Waals surface area contributed by atoms with Crippen LogP contribution in [0.3, 0.4) is 0 Å². The molecule has 2 aromatic carbocycles. The van der Waals surface area contributed by atoms with Gasteiger partial charge < -0.3 is 24.3 Å². The molecular weight excluding hydrogens is 516 g/mol. The number of likely N-dealkylation sites (N-methyl/N-ethyl adjacent to an activating group) is 2. The van der Waals surface area contributed by atoms with Gasteiger partial charge in [-0.05, 0) is 55.6 Å². The summed E-state index contributed by atoms with van der Waals surface area (Å²) in [5.74, 6) is 0.00556. The summed E-state index contributed by atoms with van der Waals surface area (Å²) in [4.78, 5) is 31.4. The van der Waals surface area contributed by atoms with Gasteiger partial charge in [-0.1, -0.05) is 6.07 Å². The first kappa shape index (κ1) is 26.3. The molecule has 1 saturated heterocycles. The fraction of sp³-hybridized carbons (Fsp3) is 0.226. The smallest absolute Gasteiger partial charge is 0.240 e. The Hall–Kier alpha value is -4.98. The highest BCUT2D eigenvalue weighted by atomic mass is 16.3. The largest absolute Gasteiger partial charge is 0.494 e. The van der Waals surface area contributed by atoms with E-state index < -0.39 is 0 Å². The van der Waals surface area contributed by atoms with Crippen LogP contribution in [-0.2, 0) is 4.79 Å². The van der Waals surface area contributed by atoms with Crippen molar-refractivity contribution in [1.29, 1.82) is 5.26 Å². The van der Waals surface area contributed by atoms with Crippen molar-refractivity contribution in [1.82, 2.24) is 24.2 Å². The molecule has 4 heterocycles. The van der Waals surface area contributed by atoms with Gasteiger partial charge in [0.2, 0.25) is 5.91 Å². The summed E-state index contributed by atoms with van der Waals surface area (Å²) < 4.78 is 1.90. The summed E-state index contributed by atoms with van der Waals surface area (Å²) in [6.45, 7) is 4.08. The summed E-state index contributed by atoms with van der Waals surface area (Å²) in [6, 6.07) is 18.7. The Morgan fingerprint density at radius 1 is 1.12 bits per heavy atom. The molecule has 10 heteroatoms. The van der Waals surface area contributed by atoms with E-state index in [9.17, 15) is 15.2 Å². The molecule has 0 radical (unpaired) electrons. The van der Waals surface area contributed by atoms with Gasteiger partial charge in [0, 0.05) is 68.5 Å². The second-order valence-electron chi connectivity index (χ2n) is 10.3. The van der Waals surface area contributed by atoms with Gasteiger partial charge in [-0.3, -0.25) is 9.69 Å². The molecular formula is C31H30N8O2. The number of aromatic hydroxyl groups is 1. The number of piperazine rings is 1. The second-order valence-corrected chi connectivity index (χ2v) is 10.3. The van der Waals surface area contributed by atoms with Crippen LogP contribution in [0.1, 0.15) is 16.7 Å². The second kappa shape index (κ2) is 10.9. The Bertz CT molecular complexity index is 1800. The molecule has 10 nitrogen and oxygen atoms in total. The number of nitrogens with zero attached hydrogens (tertiary/aromatic N) is 7. The van der Waals surface area contributed by atoms with Crippen LogP contribution in [0, 0.1) is 11.3 Å². The lowest BCUT2D eigenvalue weighted by atomic mass is 10.0. The van der Waals surface area contributed by atoms with Gasteiger partial charge in [0.25, 0.3) is 0 Å². The molecule has 0 aliphatic carbocycles. The summed E-state index contributed by atoms with van der Waals surface area (Å²) in [7, 11) is 3.89. The highest BCUT2D eigenvalue weighted by Gasteiger charge is 2.21. The van der Waals surface area contributed by atoms with Crippen molar-refractivity contribution < 1.29 is 9.90 Å². The number of aromatic amines is 1. The van der Waals surface area contributed by atoms with Gasteiger partial charge in [-0.2, -0.15) is 5.26 Å². The third-order valence-electron chi connectivity index (χ3n) is 7.61. The van der Waals surface area contributed by atoms with Crippen LogP contribution in [0.4, 0.5) is 11.4 Å². The molecule has 0 atom stereocenters. The van der Waals surface area contributed by atoms with Crippen molar-refractivity contribution in [3.63, 3.8) is 0 Å². The fourth-order valence-electron chi connectivity index (χ4n) is 5.14. The van der Waals surface area contributed by atoms with Gasteiger partial charge in [0.05, 0.1) is 40.7 Å². The van der Waals surface area contributed by atoms with E-state index in [2.05, 4.69) is 32.9 Å². The summed E-state index contributed by atoms with van der Waals surface area (Å²) in [6.07, 6.45) is 5.50. The molecule has 5 aromatic rings. The van der Waals surface area contributed by atoms with Gasteiger partial charge in [-0.15, -0.1) is 0 Å². The van der Waals surface area contributed by atoms with Crippen LogP contribution in [0.2, 0.25) is 0 Å². The number of pyridine rings is 1. The molecule has 1 amide bonds. The molecule has 6 rings (SSSR count). The monoisotopic (exact) mass is 546 g/mol. The number of nitrogens with one attached hydrogen (secondary N) is 1. The van der Waals surface area contributed by atoms with Crippen molar-refractivity contribution in [2.45, 2.75) is 0 Å². The zero-order valence-corrected chi connectivity index (χ0v) is 22.9. The van der Waals surface area contributed by atoms with Crippen molar-refractivity contribution in [3.8, 4) is 11.9 Å². The number of benzene rings is 2. The molecule has 0 spiro atoms. The van der Waals surface area contributed by atoms with Crippen molar-refractivity contribution in [3.05, 3.63) is 89.9 Å². The number of aliphatic imine (C=N–C) groups is 1. The molecule has 3 aromatic heterocycles. The van der Waals surface area contributed by atoms with E-state index in [0.717, 1.165) is 48.5 Å². The minimum atomic E-state index is -0.0366. The van der Waals surface area contributed by atoms with Crippen molar-refractivity contribution in [2.24, 2.45) is 4.99 Å². The maximum atomic E-state index is 13.0. The summed E-state index contributed by atoms with van der Waals surface area (Å²) in [5.41, 5.74) is 5.24. The van der Waals surface area contributed by atoms with E-state index in [-0.39, 0.29) is 11.8 Å². The number of H-pyrrole nitrogens is 1. The quantitative estimate of drug-likeness (QED) is 0.313. The molecule has 1 aliphatic rings. The zero-order chi connectivity index (χ0) is 28.5. The van der Waals surface area contributed by atoms with E-state index in [1.165, 1.54) is 0 Å². The van der Waals surface area contributed by atoms with E-state index in [1.807, 2.05) is 59.3 Å². The number of hydrogen-bond donors (Lipinski definition) is 2. The number of fused-ring (bicyclic) bond motifs is 2. The number of carbonyl (C=O) groups is 1. The Morgan fingerprint density at radius 3 is 2.66 bits per heavy atom. The number of amides is 1. The lowest BCUT2D eigenvalue weighted by Gasteiger charge is -2.32. The van der Waals surface area contributed by atoms with Crippen molar-refractivity contribution >= 4 is 39.5 Å². The lowest BCUT2D eigenvalue weighted by molar-refractivity contribution is -0.119. The lowest BCUT2D eigenvalue weighted by Crippen LogP contribution is -2.48. The average Bonchev–Trinajstić information content (AvgIpc) is 3.59. The van der Waals surface area contributed by atoms with Crippen LogP contribution in [-0.4, -0.2) is 87.7 Å². The topological polar surface area (TPSA) is 116 Å². The van der Waals surface area contributed by atoms with Gasteiger partial charge in [-0.25, -0.2) is 9.98 Å². The van der Waals surface area contributed by atoms with Crippen molar-refractivity contribution in [2.75, 3.05) is 51.7 Å². The summed E-state index contributed by atoms with van der Waals surface area (Å²) in [5, 5.41) is 21.1. The number of nitriles is 1. The number of anilines is 1. The van der Waals surface area contributed by atoms with Crippen LogP contribution in [0.15, 0.2) is 78.2 Å². The molecule has 1 aliphatic heterocycles. The standard InChI is InChI=1S/C31H30N8O2/c1-36-13-15-38(16-14-36)20-28(40)37(2)24-7-5-23(6-8-24)34-30(22-4-10-27-33-11-12-39(27)19-22)29-25-9-3-21(18-32)17-26(25)35-31(29)41/h3-12,17,19,35,41H,13-16,20H2,1-2H3. The molecule has 0 saturated carbocycles. The van der Waals surface area contributed by atoms with E-state index in [4.69, 9.17) is 4.99 Å². The number of hydrogen-bond acceptors (Lipinski definition) is 7. The van der Waals surface area contributed by atoms with E-state index in [1.54, 1.807) is 30.3 Å². The van der Waals surface area contributed by atoms with E-state index in [0.29, 0.717) is 34.6 Å². The van der Waals surface area contributed by atoms with E-state index >= 15 is 0 Å². The number of aromatic nitrogens is 3. The average molecular weight is 547 g/mol. The fourth-order valence-corrected chi connectivity index (χ4v) is 5.14. The molecule has 0 bridgehead atoms. The third-order valence-corrected chi connectivity index (χ3v) is 7.61. The number of rotatable bonds is 6. The minimum absolute atomic E-state index is 0.0366. The van der Waals surface area contributed by atoms with Crippen LogP contribution in [0.25, 0.3) is 16.6 Å². The van der Waals surface area contributed by atoms with Crippen LogP contribution < -0.4 is 4.90 Å². The first-order valence-electron chi connectivity index (χ1n) is 13.4. The SMILES string of the molecule is CN1CCN(CC(=O)N(C)c2ccc(N=C(c3ccc4nccn4c3)c3c(O)[nH]c4cc(C#N)ccc34)cc2)CC1. The Kier molecular flexibility index (Phi) is 6.97. The van der Waals surface area contributed by atoms with Gasteiger partial charge in [0.1, 0.15) is 5.65 Å². The maximum absolute atomic E-state index is 13.0. The first-order valence-corrected chi connectivity index (χ1v) is 13.4. The Morgan fingerprint density at radius 2 is 1.90 bits per heavy atom. The molecule has 2 N–H and O–H groups in total. The Labute approximate surface area is 237 Å². The molecule has 0 unspecified atom stereocenters. The Balaban J connectivity index is 1.34. The minimum Gasteiger partial charge on any atom is -0.494 e. The van der Waals surface area contributed by atoms with Gasteiger partial charge >= 0.3 is 0 Å². The maximum Gasteiger partial charge on any atom is 0.240 e. The summed E-state index contributed by atoms with van der Waals surface area (Å²) >= 11 is 0. The predicted molar refractivity (Wildman–Crippen MR) is 159 cm³/mol. The third kappa shape index (κ3) is 5.28. The highest BCUT2D eigenvalue weighted by molar-refractivity contribution is 6.22. The van der Waals surface area contributed by atoms with Crippen LogP contribution >= 0.6 is 0 Å².